The van der Waals surface area contributed by atoms with E-state index in [1.165, 1.54) is 25.8 Å². The van der Waals surface area contributed by atoms with Gasteiger partial charge in [0.2, 0.25) is 0 Å². The first-order chi connectivity index (χ1) is 6.91. The fourth-order valence-electron chi connectivity index (χ4n) is 4.01. The van der Waals surface area contributed by atoms with Crippen molar-refractivity contribution in [1.82, 2.24) is 4.90 Å². The highest BCUT2D eigenvalue weighted by Crippen LogP contribution is 2.48. The lowest BCUT2D eigenvalue weighted by molar-refractivity contribution is 0.0839. The Kier molecular flexibility index (Phi) is 2.87. The Morgan fingerprint density at radius 2 is 1.80 bits per heavy atom. The predicted molar refractivity (Wildman–Crippen MR) is 65.9 cm³/mol. The Hall–Kier alpha value is -0.0400. The van der Waals surface area contributed by atoms with Crippen molar-refractivity contribution >= 4 is 0 Å². The second-order valence-electron chi connectivity index (χ2n) is 6.96. The third kappa shape index (κ3) is 1.95. The topological polar surface area (TPSA) is 3.24 Å². The molecule has 0 spiro atoms. The van der Waals surface area contributed by atoms with Crippen molar-refractivity contribution < 1.29 is 0 Å². The fourth-order valence-corrected chi connectivity index (χ4v) is 4.01. The van der Waals surface area contributed by atoms with Gasteiger partial charge in [-0.15, -0.1) is 0 Å². The first-order valence-electron chi connectivity index (χ1n) is 6.67. The summed E-state index contributed by atoms with van der Waals surface area (Å²) in [6.45, 7) is 13.4. The summed E-state index contributed by atoms with van der Waals surface area (Å²) in [5.74, 6) is 2.00. The average molecular weight is 209 g/mol. The lowest BCUT2D eigenvalue weighted by Gasteiger charge is -2.40. The van der Waals surface area contributed by atoms with Crippen molar-refractivity contribution in [2.24, 2.45) is 17.3 Å². The highest BCUT2D eigenvalue weighted by Gasteiger charge is 2.49. The van der Waals surface area contributed by atoms with E-state index >= 15 is 0 Å². The summed E-state index contributed by atoms with van der Waals surface area (Å²) in [6.07, 6.45) is 4.45. The molecule has 2 rings (SSSR count). The molecule has 0 N–H and O–H groups in total. The third-order valence-corrected chi connectivity index (χ3v) is 4.48. The maximum Gasteiger partial charge on any atom is 0.0178 e. The van der Waals surface area contributed by atoms with Crippen molar-refractivity contribution in [3.63, 3.8) is 0 Å². The maximum absolute atomic E-state index is 2.77. The molecular weight excluding hydrogens is 182 g/mol. The molecular formula is C14H27N. The molecule has 3 atom stereocenters. The van der Waals surface area contributed by atoms with Crippen LogP contribution in [0.4, 0.5) is 0 Å². The number of hydrogen-bond donors (Lipinski definition) is 0. The smallest absolute Gasteiger partial charge is 0.0178 e. The van der Waals surface area contributed by atoms with Crippen LogP contribution in [0.5, 0.6) is 0 Å². The van der Waals surface area contributed by atoms with Crippen molar-refractivity contribution in [2.75, 3.05) is 6.54 Å². The number of rotatable bonds is 1. The zero-order chi connectivity index (χ0) is 11.2. The highest BCUT2D eigenvalue weighted by atomic mass is 15.2. The van der Waals surface area contributed by atoms with E-state index in [1.54, 1.807) is 0 Å². The van der Waals surface area contributed by atoms with Crippen LogP contribution in [0.3, 0.4) is 0 Å². The number of hydrogen-bond acceptors (Lipinski definition) is 1. The molecule has 15 heavy (non-hydrogen) atoms. The Bertz CT molecular complexity index is 226. The Morgan fingerprint density at radius 3 is 2.33 bits per heavy atom. The molecule has 0 bridgehead atoms. The van der Waals surface area contributed by atoms with E-state index in [1.807, 2.05) is 0 Å². The molecule has 0 aromatic rings. The van der Waals surface area contributed by atoms with Gasteiger partial charge in [0.25, 0.3) is 0 Å². The van der Waals surface area contributed by atoms with E-state index in [0.29, 0.717) is 5.41 Å². The molecule has 1 saturated carbocycles. The molecule has 1 heterocycles. The Morgan fingerprint density at radius 1 is 1.13 bits per heavy atom. The van der Waals surface area contributed by atoms with E-state index in [9.17, 15) is 0 Å². The summed E-state index contributed by atoms with van der Waals surface area (Å²) in [5.41, 5.74) is 0.452. The zero-order valence-electron chi connectivity index (χ0n) is 11.1. The standard InChI is InChI=1S/C14H27N/c1-10(2)15-9-11-7-6-8-12(11)13(15)14(3,4)5/h10-13H,6-9H2,1-5H3/t11-,12-,13-/m0/s1. The maximum atomic E-state index is 2.77. The molecule has 0 amide bonds. The molecule has 1 saturated heterocycles. The highest BCUT2D eigenvalue weighted by molar-refractivity contribution is 5.01. The van der Waals surface area contributed by atoms with Gasteiger partial charge in [-0.2, -0.15) is 0 Å². The van der Waals surface area contributed by atoms with Crippen molar-refractivity contribution in [3.05, 3.63) is 0 Å². The molecule has 2 fully saturated rings. The summed E-state index contributed by atoms with van der Waals surface area (Å²) in [7, 11) is 0. The van der Waals surface area contributed by atoms with Crippen LogP contribution < -0.4 is 0 Å². The monoisotopic (exact) mass is 209 g/mol. The molecule has 0 aromatic heterocycles. The molecule has 2 aliphatic rings. The van der Waals surface area contributed by atoms with Gasteiger partial charge in [-0.3, -0.25) is 4.90 Å². The average Bonchev–Trinajstić information content (AvgIpc) is 2.56. The fraction of sp³-hybridized carbons (Fsp3) is 1.00. The molecule has 0 aromatic carbocycles. The molecule has 1 aliphatic heterocycles. The summed E-state index contributed by atoms with van der Waals surface area (Å²) < 4.78 is 0. The van der Waals surface area contributed by atoms with Gasteiger partial charge in [-0.1, -0.05) is 27.2 Å². The van der Waals surface area contributed by atoms with Crippen LogP contribution in [0.25, 0.3) is 0 Å². The first-order valence-corrected chi connectivity index (χ1v) is 6.67. The second kappa shape index (κ2) is 3.76. The number of likely N-dealkylation sites (tertiary alicyclic amines) is 1. The summed E-state index contributed by atoms with van der Waals surface area (Å²) >= 11 is 0. The minimum Gasteiger partial charge on any atom is -0.297 e. The Labute approximate surface area is 95.2 Å². The van der Waals surface area contributed by atoms with Crippen LogP contribution in [0.2, 0.25) is 0 Å². The largest absolute Gasteiger partial charge is 0.297 e. The lowest BCUT2D eigenvalue weighted by Crippen LogP contribution is -2.46. The van der Waals surface area contributed by atoms with Crippen LogP contribution in [0.1, 0.15) is 53.9 Å². The van der Waals surface area contributed by atoms with Crippen molar-refractivity contribution in [1.29, 1.82) is 0 Å². The van der Waals surface area contributed by atoms with Crippen LogP contribution in [0.15, 0.2) is 0 Å². The number of nitrogens with zero attached hydrogens (tertiary/aromatic N) is 1. The minimum atomic E-state index is 0.452. The van der Waals surface area contributed by atoms with Crippen LogP contribution in [-0.4, -0.2) is 23.5 Å². The quantitative estimate of drug-likeness (QED) is 0.638. The SMILES string of the molecule is CC(C)N1C[C@@H]2CCC[C@@H]2[C@H]1C(C)(C)C. The summed E-state index contributed by atoms with van der Waals surface area (Å²) in [4.78, 5) is 2.77. The third-order valence-electron chi connectivity index (χ3n) is 4.48. The Balaban J connectivity index is 2.21. The molecule has 0 radical (unpaired) electrons. The van der Waals surface area contributed by atoms with Gasteiger partial charge in [-0.05, 0) is 43.9 Å². The van der Waals surface area contributed by atoms with E-state index in [-0.39, 0.29) is 0 Å². The first kappa shape index (κ1) is 11.4. The van der Waals surface area contributed by atoms with Gasteiger partial charge in [0.1, 0.15) is 0 Å². The molecule has 1 heteroatoms. The van der Waals surface area contributed by atoms with E-state index in [0.717, 1.165) is 23.9 Å². The van der Waals surface area contributed by atoms with Crippen molar-refractivity contribution in [2.45, 2.75) is 66.0 Å². The van der Waals surface area contributed by atoms with Gasteiger partial charge >= 0.3 is 0 Å². The van der Waals surface area contributed by atoms with Gasteiger partial charge in [0, 0.05) is 18.6 Å². The van der Waals surface area contributed by atoms with Gasteiger partial charge in [-0.25, -0.2) is 0 Å². The summed E-state index contributed by atoms with van der Waals surface area (Å²) in [5, 5.41) is 0. The van der Waals surface area contributed by atoms with Crippen molar-refractivity contribution in [3.8, 4) is 0 Å². The normalized spacial score (nSPS) is 37.6. The van der Waals surface area contributed by atoms with Crippen LogP contribution in [-0.2, 0) is 0 Å². The van der Waals surface area contributed by atoms with Crippen LogP contribution >= 0.6 is 0 Å². The van der Waals surface area contributed by atoms with Gasteiger partial charge < -0.3 is 0 Å². The number of fused-ring (bicyclic) bond motifs is 1. The molecule has 1 nitrogen and oxygen atoms in total. The van der Waals surface area contributed by atoms with Crippen LogP contribution in [0, 0.1) is 17.3 Å². The molecule has 0 unspecified atom stereocenters. The van der Waals surface area contributed by atoms with Gasteiger partial charge in [0.15, 0.2) is 0 Å². The van der Waals surface area contributed by atoms with E-state index < -0.39 is 0 Å². The lowest BCUT2D eigenvalue weighted by atomic mass is 9.77. The summed E-state index contributed by atoms with van der Waals surface area (Å²) in [6, 6.07) is 1.55. The second-order valence-corrected chi connectivity index (χ2v) is 6.96. The predicted octanol–water partition coefficient (Wildman–Crippen LogP) is 3.54. The van der Waals surface area contributed by atoms with Gasteiger partial charge in [0.05, 0.1) is 0 Å². The zero-order valence-corrected chi connectivity index (χ0v) is 11.1. The van der Waals surface area contributed by atoms with E-state index in [2.05, 4.69) is 39.5 Å². The molecule has 1 aliphatic carbocycles. The van der Waals surface area contributed by atoms with E-state index in [4.69, 9.17) is 0 Å². The minimum absolute atomic E-state index is 0.452. The molecule has 88 valence electrons.